The van der Waals surface area contributed by atoms with E-state index in [0.717, 1.165) is 12.0 Å². The zero-order valence-electron chi connectivity index (χ0n) is 17.4. The van der Waals surface area contributed by atoms with Crippen molar-refractivity contribution in [1.82, 2.24) is 19.9 Å². The normalized spacial score (nSPS) is 16.5. The highest BCUT2D eigenvalue weighted by atomic mass is 19.4. The second-order valence-electron chi connectivity index (χ2n) is 7.57. The molecule has 1 N–H and O–H groups in total. The van der Waals surface area contributed by atoms with E-state index in [-0.39, 0.29) is 23.5 Å². The number of rotatable bonds is 5. The Kier molecular flexibility index (Phi) is 5.86. The Morgan fingerprint density at radius 3 is 2.59 bits per heavy atom. The first kappa shape index (κ1) is 21.8. The van der Waals surface area contributed by atoms with E-state index < -0.39 is 23.6 Å². The van der Waals surface area contributed by atoms with Crippen LogP contribution in [0, 0.1) is 0 Å². The average molecular weight is 445 g/mol. The van der Waals surface area contributed by atoms with Gasteiger partial charge in [-0.25, -0.2) is 9.97 Å². The zero-order valence-corrected chi connectivity index (χ0v) is 17.4. The first-order chi connectivity index (χ1) is 15.3. The topological polar surface area (TPSA) is 80.1 Å². The fourth-order valence-electron chi connectivity index (χ4n) is 3.97. The van der Waals surface area contributed by atoms with Gasteiger partial charge in [0.15, 0.2) is 5.52 Å². The highest BCUT2D eigenvalue weighted by Crippen LogP contribution is 2.29. The minimum atomic E-state index is -4.75. The van der Waals surface area contributed by atoms with Crippen LogP contribution in [0.2, 0.25) is 0 Å². The number of carbonyl (C=O) groups excluding carboxylic acids is 1. The summed E-state index contributed by atoms with van der Waals surface area (Å²) in [5, 5.41) is 2.92. The third kappa shape index (κ3) is 4.17. The van der Waals surface area contributed by atoms with Crippen molar-refractivity contribution in [3.63, 3.8) is 0 Å². The summed E-state index contributed by atoms with van der Waals surface area (Å²) in [6.07, 6.45) is -3.38. The Balaban J connectivity index is 1.63. The standard InChI is InChI=1S/C22H22F3N5O2/c1-2-29-20(32)18-15(27-21(29)22(23,24)25)10-11-17(28-18)30-12-6-9-16(30)19(31)26-13-14-7-4-3-5-8-14/h3-5,7-8,10-11,16H,2,6,9,12-13H2,1H3,(H,26,31). The number of pyridine rings is 1. The number of amides is 1. The van der Waals surface area contributed by atoms with Crippen molar-refractivity contribution >= 4 is 22.8 Å². The van der Waals surface area contributed by atoms with Crippen LogP contribution >= 0.6 is 0 Å². The van der Waals surface area contributed by atoms with E-state index in [0.29, 0.717) is 29.9 Å². The second kappa shape index (κ2) is 8.60. The maximum Gasteiger partial charge on any atom is 0.449 e. The van der Waals surface area contributed by atoms with Gasteiger partial charge in [0.1, 0.15) is 11.9 Å². The lowest BCUT2D eigenvalue weighted by Crippen LogP contribution is -2.43. The van der Waals surface area contributed by atoms with Crippen LogP contribution in [0.4, 0.5) is 19.0 Å². The van der Waals surface area contributed by atoms with Crippen LogP contribution in [-0.2, 0) is 24.1 Å². The summed E-state index contributed by atoms with van der Waals surface area (Å²) in [4.78, 5) is 35.3. The largest absolute Gasteiger partial charge is 0.449 e. The molecule has 0 spiro atoms. The zero-order chi connectivity index (χ0) is 22.9. The fourth-order valence-corrected chi connectivity index (χ4v) is 3.97. The van der Waals surface area contributed by atoms with Crippen LogP contribution in [-0.4, -0.2) is 33.0 Å². The van der Waals surface area contributed by atoms with Crippen LogP contribution in [0.3, 0.4) is 0 Å². The summed E-state index contributed by atoms with van der Waals surface area (Å²) in [5.74, 6) is -1.03. The molecule has 1 aliphatic rings. The number of anilines is 1. The molecule has 0 bridgehead atoms. The van der Waals surface area contributed by atoms with Crippen molar-refractivity contribution in [1.29, 1.82) is 0 Å². The lowest BCUT2D eigenvalue weighted by molar-refractivity contribution is -0.147. The predicted octanol–water partition coefficient (Wildman–Crippen LogP) is 3.12. The van der Waals surface area contributed by atoms with E-state index >= 15 is 0 Å². The van der Waals surface area contributed by atoms with Gasteiger partial charge in [0.05, 0.1) is 5.52 Å². The van der Waals surface area contributed by atoms with E-state index in [1.54, 1.807) is 4.90 Å². The third-order valence-electron chi connectivity index (χ3n) is 5.52. The number of carbonyl (C=O) groups is 1. The van der Waals surface area contributed by atoms with Crippen molar-refractivity contribution in [2.45, 2.75) is 45.1 Å². The molecule has 0 saturated carbocycles. The quantitative estimate of drug-likeness (QED) is 0.653. The number of nitrogens with one attached hydrogen (secondary N) is 1. The van der Waals surface area contributed by atoms with Gasteiger partial charge in [0.25, 0.3) is 5.56 Å². The summed E-state index contributed by atoms with van der Waals surface area (Å²) in [6.45, 7) is 2.21. The summed E-state index contributed by atoms with van der Waals surface area (Å²) in [7, 11) is 0. The Labute approximate surface area is 181 Å². The number of halogens is 3. The number of alkyl halides is 3. The lowest BCUT2D eigenvalue weighted by Gasteiger charge is -2.25. The van der Waals surface area contributed by atoms with Gasteiger partial charge in [-0.15, -0.1) is 0 Å². The van der Waals surface area contributed by atoms with Gasteiger partial charge in [0.2, 0.25) is 11.7 Å². The molecule has 1 aliphatic heterocycles. The van der Waals surface area contributed by atoms with E-state index in [1.165, 1.54) is 19.1 Å². The molecule has 3 heterocycles. The highest BCUT2D eigenvalue weighted by Gasteiger charge is 2.37. The molecular formula is C22H22F3N5O2. The van der Waals surface area contributed by atoms with Gasteiger partial charge in [-0.3, -0.25) is 14.2 Å². The van der Waals surface area contributed by atoms with Gasteiger partial charge >= 0.3 is 6.18 Å². The molecular weight excluding hydrogens is 423 g/mol. The SMILES string of the molecule is CCn1c(C(F)(F)F)nc2ccc(N3CCCC3C(=O)NCc3ccccc3)nc2c1=O. The van der Waals surface area contributed by atoms with E-state index in [4.69, 9.17) is 0 Å². The van der Waals surface area contributed by atoms with Crippen LogP contribution < -0.4 is 15.8 Å². The Morgan fingerprint density at radius 2 is 1.91 bits per heavy atom. The van der Waals surface area contributed by atoms with Crippen molar-refractivity contribution in [2.75, 3.05) is 11.4 Å². The number of benzene rings is 1. The van der Waals surface area contributed by atoms with Crippen molar-refractivity contribution in [2.24, 2.45) is 0 Å². The second-order valence-corrected chi connectivity index (χ2v) is 7.57. The monoisotopic (exact) mass is 445 g/mol. The third-order valence-corrected chi connectivity index (χ3v) is 5.52. The number of hydrogen-bond acceptors (Lipinski definition) is 5. The van der Waals surface area contributed by atoms with Gasteiger partial charge < -0.3 is 10.2 Å². The lowest BCUT2D eigenvalue weighted by atomic mass is 10.2. The molecule has 32 heavy (non-hydrogen) atoms. The maximum absolute atomic E-state index is 13.3. The molecule has 0 aliphatic carbocycles. The minimum Gasteiger partial charge on any atom is -0.350 e. The molecule has 1 aromatic carbocycles. The molecule has 10 heteroatoms. The Morgan fingerprint density at radius 1 is 1.16 bits per heavy atom. The van der Waals surface area contributed by atoms with E-state index in [1.807, 2.05) is 30.3 Å². The number of fused-ring (bicyclic) bond motifs is 1. The number of aromatic nitrogens is 3. The summed E-state index contributed by atoms with van der Waals surface area (Å²) >= 11 is 0. The van der Waals surface area contributed by atoms with Gasteiger partial charge in [-0.05, 0) is 37.5 Å². The molecule has 4 rings (SSSR count). The Bertz CT molecular complexity index is 1190. The average Bonchev–Trinajstić information content (AvgIpc) is 3.27. The van der Waals surface area contributed by atoms with E-state index in [2.05, 4.69) is 15.3 Å². The minimum absolute atomic E-state index is 0.125. The maximum atomic E-state index is 13.3. The summed E-state index contributed by atoms with van der Waals surface area (Å²) in [6, 6.07) is 11.9. The van der Waals surface area contributed by atoms with Gasteiger partial charge in [-0.2, -0.15) is 13.2 Å². The van der Waals surface area contributed by atoms with Crippen LogP contribution in [0.5, 0.6) is 0 Å². The molecule has 1 unspecified atom stereocenters. The van der Waals surface area contributed by atoms with Gasteiger partial charge in [-0.1, -0.05) is 30.3 Å². The molecule has 1 fully saturated rings. The predicted molar refractivity (Wildman–Crippen MR) is 113 cm³/mol. The molecule has 2 aromatic heterocycles. The van der Waals surface area contributed by atoms with Crippen LogP contribution in [0.15, 0.2) is 47.3 Å². The Hall–Kier alpha value is -3.43. The smallest absolute Gasteiger partial charge is 0.350 e. The van der Waals surface area contributed by atoms with Crippen molar-refractivity contribution < 1.29 is 18.0 Å². The molecule has 1 atom stereocenters. The van der Waals surface area contributed by atoms with Crippen LogP contribution in [0.1, 0.15) is 31.2 Å². The molecule has 0 radical (unpaired) electrons. The van der Waals surface area contributed by atoms with Gasteiger partial charge in [0, 0.05) is 19.6 Å². The fraction of sp³-hybridized carbons (Fsp3) is 0.364. The van der Waals surface area contributed by atoms with Crippen molar-refractivity contribution in [3.05, 3.63) is 64.2 Å². The molecule has 3 aromatic rings. The first-order valence-corrected chi connectivity index (χ1v) is 10.4. The number of nitrogens with zero attached hydrogens (tertiary/aromatic N) is 4. The highest BCUT2D eigenvalue weighted by molar-refractivity contribution is 5.86. The van der Waals surface area contributed by atoms with E-state index in [9.17, 15) is 22.8 Å². The van der Waals surface area contributed by atoms with Crippen LogP contribution in [0.25, 0.3) is 11.0 Å². The summed E-state index contributed by atoms with van der Waals surface area (Å²) < 4.78 is 40.5. The first-order valence-electron chi connectivity index (χ1n) is 10.4. The van der Waals surface area contributed by atoms with Crippen molar-refractivity contribution in [3.8, 4) is 0 Å². The molecule has 7 nitrogen and oxygen atoms in total. The molecule has 168 valence electrons. The molecule has 1 saturated heterocycles. The number of hydrogen-bond donors (Lipinski definition) is 1. The molecule has 1 amide bonds. The summed E-state index contributed by atoms with van der Waals surface area (Å²) in [5.41, 5.74) is -0.149.